The van der Waals surface area contributed by atoms with Crippen molar-refractivity contribution in [1.82, 2.24) is 9.55 Å². The Labute approximate surface area is 98.9 Å². The minimum absolute atomic E-state index is 0.420. The molecule has 0 amide bonds. The van der Waals surface area contributed by atoms with E-state index < -0.39 is 0 Å². The van der Waals surface area contributed by atoms with Gasteiger partial charge in [0.1, 0.15) is 0 Å². The van der Waals surface area contributed by atoms with E-state index in [2.05, 4.69) is 23.2 Å². The molecule has 0 aliphatic heterocycles. The van der Waals surface area contributed by atoms with E-state index in [-0.39, 0.29) is 0 Å². The molecule has 2 N–H and O–H groups in total. The molecular formula is C14H13N3. The van der Waals surface area contributed by atoms with Crippen LogP contribution in [0.3, 0.4) is 0 Å². The number of rotatable bonds is 1. The number of hydrogen-bond acceptors (Lipinski definition) is 1. The Hall–Kier alpha value is -2.29. The third-order valence-corrected chi connectivity index (χ3v) is 3.04. The van der Waals surface area contributed by atoms with Gasteiger partial charge in [-0.25, -0.2) is 0 Å². The molecule has 0 aliphatic carbocycles. The highest BCUT2D eigenvalue weighted by atomic mass is 15.1. The summed E-state index contributed by atoms with van der Waals surface area (Å²) in [7, 11) is 1.91. The van der Waals surface area contributed by atoms with Crippen molar-refractivity contribution >= 4 is 11.0 Å². The van der Waals surface area contributed by atoms with Gasteiger partial charge in [0.2, 0.25) is 0 Å². The van der Waals surface area contributed by atoms with E-state index in [1.165, 1.54) is 5.56 Å². The van der Waals surface area contributed by atoms with Crippen molar-refractivity contribution in [2.24, 2.45) is 7.05 Å². The van der Waals surface area contributed by atoms with Gasteiger partial charge in [-0.05, 0) is 11.6 Å². The fourth-order valence-corrected chi connectivity index (χ4v) is 2.18. The molecule has 84 valence electrons. The van der Waals surface area contributed by atoms with Gasteiger partial charge in [0.05, 0.1) is 11.0 Å². The zero-order valence-electron chi connectivity index (χ0n) is 9.57. The number of benzene rings is 2. The fourth-order valence-electron chi connectivity index (χ4n) is 2.18. The second-order valence-corrected chi connectivity index (χ2v) is 4.10. The van der Waals surface area contributed by atoms with E-state index in [1.807, 2.05) is 41.9 Å². The Morgan fingerprint density at radius 3 is 2.53 bits per heavy atom. The maximum absolute atomic E-state index is 7.81. The smallest absolute Gasteiger partial charge is 0.200 e. The van der Waals surface area contributed by atoms with Gasteiger partial charge in [-0.15, -0.1) is 0 Å². The quantitative estimate of drug-likeness (QED) is 0.637. The fraction of sp³-hybridized carbons (Fsp3) is 0.0714. The van der Waals surface area contributed by atoms with Gasteiger partial charge in [0, 0.05) is 12.6 Å². The van der Waals surface area contributed by atoms with Crippen LogP contribution in [0.25, 0.3) is 22.2 Å². The normalized spacial score (nSPS) is 10.9. The van der Waals surface area contributed by atoms with Crippen LogP contribution in [0.15, 0.2) is 48.5 Å². The number of nitrogens with one attached hydrogen (secondary N) is 2. The molecule has 0 radical (unpaired) electrons. The van der Waals surface area contributed by atoms with Crippen molar-refractivity contribution in [3.8, 4) is 11.1 Å². The molecule has 3 heteroatoms. The van der Waals surface area contributed by atoms with Gasteiger partial charge in [0.15, 0.2) is 5.62 Å². The van der Waals surface area contributed by atoms with E-state index in [4.69, 9.17) is 5.41 Å². The van der Waals surface area contributed by atoms with Crippen LogP contribution in [-0.4, -0.2) is 9.55 Å². The Morgan fingerprint density at radius 2 is 1.76 bits per heavy atom. The van der Waals surface area contributed by atoms with Gasteiger partial charge < -0.3 is 9.55 Å². The van der Waals surface area contributed by atoms with Crippen molar-refractivity contribution in [3.05, 3.63) is 54.1 Å². The lowest BCUT2D eigenvalue weighted by Crippen LogP contribution is -2.12. The Kier molecular flexibility index (Phi) is 2.11. The van der Waals surface area contributed by atoms with E-state index in [0.717, 1.165) is 16.6 Å². The van der Waals surface area contributed by atoms with E-state index in [9.17, 15) is 0 Å². The summed E-state index contributed by atoms with van der Waals surface area (Å²) in [6.45, 7) is 0. The Morgan fingerprint density at radius 1 is 1.00 bits per heavy atom. The zero-order chi connectivity index (χ0) is 11.8. The number of aromatic amines is 1. The molecule has 0 bridgehead atoms. The predicted molar refractivity (Wildman–Crippen MR) is 68.6 cm³/mol. The molecule has 3 rings (SSSR count). The van der Waals surface area contributed by atoms with Gasteiger partial charge in [-0.1, -0.05) is 42.5 Å². The first kappa shape index (κ1) is 9.90. The average molecular weight is 223 g/mol. The number of imidazole rings is 1. The number of para-hydroxylation sites is 1. The summed E-state index contributed by atoms with van der Waals surface area (Å²) in [5.41, 5.74) is 4.82. The summed E-state index contributed by atoms with van der Waals surface area (Å²) in [5, 5.41) is 7.81. The van der Waals surface area contributed by atoms with Crippen LogP contribution < -0.4 is 5.62 Å². The first-order valence-electron chi connectivity index (χ1n) is 5.55. The number of nitrogens with zero attached hydrogens (tertiary/aromatic N) is 1. The average Bonchev–Trinajstić information content (AvgIpc) is 2.66. The van der Waals surface area contributed by atoms with Crippen LogP contribution in [0.5, 0.6) is 0 Å². The van der Waals surface area contributed by atoms with Crippen LogP contribution in [0.2, 0.25) is 0 Å². The van der Waals surface area contributed by atoms with Crippen molar-refractivity contribution in [3.63, 3.8) is 0 Å². The maximum Gasteiger partial charge on any atom is 0.200 e. The minimum Gasteiger partial charge on any atom is -0.324 e. The molecule has 2 aromatic carbocycles. The molecule has 17 heavy (non-hydrogen) atoms. The lowest BCUT2D eigenvalue weighted by Gasteiger charge is -2.05. The highest BCUT2D eigenvalue weighted by molar-refractivity contribution is 5.92. The third kappa shape index (κ3) is 1.47. The second-order valence-electron chi connectivity index (χ2n) is 4.10. The third-order valence-electron chi connectivity index (χ3n) is 3.04. The number of aryl methyl sites for hydroxylation is 1. The zero-order valence-corrected chi connectivity index (χ0v) is 9.57. The summed E-state index contributed by atoms with van der Waals surface area (Å²) < 4.78 is 1.87. The molecule has 1 heterocycles. The maximum atomic E-state index is 7.81. The van der Waals surface area contributed by atoms with Crippen molar-refractivity contribution < 1.29 is 0 Å². The molecule has 1 aromatic heterocycles. The topological polar surface area (TPSA) is 44.6 Å². The van der Waals surface area contributed by atoms with Crippen molar-refractivity contribution in [2.75, 3.05) is 0 Å². The molecule has 0 saturated heterocycles. The molecule has 0 saturated carbocycles. The summed E-state index contributed by atoms with van der Waals surface area (Å²) in [6, 6.07) is 16.4. The van der Waals surface area contributed by atoms with Gasteiger partial charge in [0.25, 0.3) is 0 Å². The predicted octanol–water partition coefficient (Wildman–Crippen LogP) is 2.65. The van der Waals surface area contributed by atoms with Crippen LogP contribution in [0, 0.1) is 5.41 Å². The van der Waals surface area contributed by atoms with E-state index in [1.54, 1.807) is 0 Å². The van der Waals surface area contributed by atoms with E-state index in [0.29, 0.717) is 5.62 Å². The lowest BCUT2D eigenvalue weighted by atomic mass is 10.0. The Balaban J connectivity index is 2.41. The largest absolute Gasteiger partial charge is 0.324 e. The monoisotopic (exact) mass is 223 g/mol. The summed E-state index contributed by atoms with van der Waals surface area (Å²) in [6.07, 6.45) is 0. The molecule has 0 fully saturated rings. The molecule has 0 aliphatic rings. The summed E-state index contributed by atoms with van der Waals surface area (Å²) in [4.78, 5) is 3.07. The van der Waals surface area contributed by atoms with Crippen LogP contribution in [0.4, 0.5) is 0 Å². The van der Waals surface area contributed by atoms with Crippen LogP contribution in [-0.2, 0) is 7.05 Å². The van der Waals surface area contributed by atoms with Crippen LogP contribution >= 0.6 is 0 Å². The number of hydrogen-bond donors (Lipinski definition) is 2. The number of fused-ring (bicyclic) bond motifs is 1. The first-order valence-corrected chi connectivity index (χ1v) is 5.55. The molecule has 0 unspecified atom stereocenters. The standard InChI is InChI=1S/C14H13N3/c1-17-13-11(10-6-3-2-4-7-10)8-5-9-12(13)16-14(17)15/h2-9H,1H3,(H2,15,16). The van der Waals surface area contributed by atoms with Crippen molar-refractivity contribution in [2.45, 2.75) is 0 Å². The lowest BCUT2D eigenvalue weighted by molar-refractivity contribution is 0.835. The first-order chi connectivity index (χ1) is 8.27. The minimum atomic E-state index is 0.420. The highest BCUT2D eigenvalue weighted by Gasteiger charge is 2.07. The summed E-state index contributed by atoms with van der Waals surface area (Å²) >= 11 is 0. The Bertz CT molecular complexity index is 720. The SMILES string of the molecule is Cn1c(=N)[nH]c2cccc(-c3ccccc3)c21. The van der Waals surface area contributed by atoms with E-state index >= 15 is 0 Å². The molecule has 0 atom stereocenters. The molecule has 0 spiro atoms. The second kappa shape index (κ2) is 3.63. The molecule has 3 nitrogen and oxygen atoms in total. The molecular weight excluding hydrogens is 210 g/mol. The number of H-pyrrole nitrogens is 1. The van der Waals surface area contributed by atoms with Crippen LogP contribution in [0.1, 0.15) is 0 Å². The summed E-state index contributed by atoms with van der Waals surface area (Å²) in [5.74, 6) is 0. The van der Waals surface area contributed by atoms with Crippen molar-refractivity contribution in [1.29, 1.82) is 5.41 Å². The highest BCUT2D eigenvalue weighted by Crippen LogP contribution is 2.26. The molecule has 3 aromatic rings. The van der Waals surface area contributed by atoms with Gasteiger partial charge in [-0.3, -0.25) is 5.41 Å². The van der Waals surface area contributed by atoms with Gasteiger partial charge in [-0.2, -0.15) is 0 Å². The van der Waals surface area contributed by atoms with Gasteiger partial charge >= 0.3 is 0 Å². The number of aromatic nitrogens is 2.